The number of rotatable bonds is 6. The first-order chi connectivity index (χ1) is 10.2. The van der Waals surface area contributed by atoms with Gasteiger partial charge in [0, 0.05) is 0 Å². The van der Waals surface area contributed by atoms with Crippen molar-refractivity contribution >= 4 is 24.1 Å². The van der Waals surface area contributed by atoms with Gasteiger partial charge in [-0.1, -0.05) is 0 Å². The largest absolute Gasteiger partial charge is 0.493 e. The molecule has 0 aliphatic heterocycles. The van der Waals surface area contributed by atoms with Crippen LogP contribution in [0.2, 0.25) is 0 Å². The molecule has 0 amide bonds. The Hall–Kier alpha value is -2.06. The van der Waals surface area contributed by atoms with Gasteiger partial charge in [0.2, 0.25) is 0 Å². The highest BCUT2D eigenvalue weighted by atomic mass is 35.5. The van der Waals surface area contributed by atoms with Crippen LogP contribution in [0.5, 0.6) is 11.5 Å². The summed E-state index contributed by atoms with van der Waals surface area (Å²) in [6.45, 7) is 3.12. The molecule has 2 N–H and O–H groups in total. The van der Waals surface area contributed by atoms with Crippen LogP contribution in [0.4, 0.5) is 5.69 Å². The van der Waals surface area contributed by atoms with Crippen LogP contribution in [0, 0.1) is 15.5 Å². The Morgan fingerprint density at radius 1 is 1.22 bits per heavy atom. The molecule has 23 heavy (non-hydrogen) atoms. The lowest BCUT2D eigenvalue weighted by atomic mass is 9.80. The molecule has 0 aromatic heterocycles. The minimum absolute atomic E-state index is 0. The SMILES string of the molecule is COC(=O)C(C)(C)[C@H](N)c1cc(OC)c(OC)cc1[N+](=O)[O-].Cl. The molecule has 1 rings (SSSR count). The highest BCUT2D eigenvalue weighted by molar-refractivity contribution is 5.85. The second kappa shape index (κ2) is 7.98. The fraction of sp³-hybridized carbons (Fsp3) is 0.500. The number of nitro groups is 1. The number of hydrogen-bond acceptors (Lipinski definition) is 7. The highest BCUT2D eigenvalue weighted by Crippen LogP contribution is 2.42. The standard InChI is InChI=1S/C14H20N2O6.ClH/c1-14(2,13(17)22-5)12(15)8-6-10(20-3)11(21-4)7-9(8)16(18)19;/h6-7,12H,15H2,1-5H3;1H/t12-;/m1./s1. The fourth-order valence-corrected chi connectivity index (χ4v) is 2.07. The topological polar surface area (TPSA) is 114 Å². The van der Waals surface area contributed by atoms with Gasteiger partial charge in [-0.2, -0.15) is 0 Å². The van der Waals surface area contributed by atoms with E-state index in [-0.39, 0.29) is 29.4 Å². The number of carbonyl (C=O) groups excluding carboxylic acids is 1. The van der Waals surface area contributed by atoms with Crippen LogP contribution in [0.3, 0.4) is 0 Å². The average molecular weight is 349 g/mol. The summed E-state index contributed by atoms with van der Waals surface area (Å²) < 4.78 is 14.9. The molecule has 0 radical (unpaired) electrons. The van der Waals surface area contributed by atoms with Crippen molar-refractivity contribution in [3.05, 3.63) is 27.8 Å². The predicted octanol–water partition coefficient (Wildman–Crippen LogP) is 2.23. The van der Waals surface area contributed by atoms with E-state index in [1.807, 2.05) is 0 Å². The molecule has 0 aliphatic rings. The molecule has 0 spiro atoms. The lowest BCUT2D eigenvalue weighted by molar-refractivity contribution is -0.385. The van der Waals surface area contributed by atoms with Crippen molar-refractivity contribution in [2.75, 3.05) is 21.3 Å². The van der Waals surface area contributed by atoms with Gasteiger partial charge in [-0.25, -0.2) is 0 Å². The van der Waals surface area contributed by atoms with E-state index in [9.17, 15) is 14.9 Å². The Labute approximate surface area is 140 Å². The van der Waals surface area contributed by atoms with Crippen molar-refractivity contribution in [3.8, 4) is 11.5 Å². The van der Waals surface area contributed by atoms with Crippen LogP contribution >= 0.6 is 12.4 Å². The first-order valence-electron chi connectivity index (χ1n) is 6.45. The maximum atomic E-state index is 11.9. The van der Waals surface area contributed by atoms with Crippen molar-refractivity contribution < 1.29 is 23.9 Å². The first kappa shape index (κ1) is 20.9. The molecule has 130 valence electrons. The summed E-state index contributed by atoms with van der Waals surface area (Å²) in [6.07, 6.45) is 0. The Balaban J connectivity index is 0.00000484. The van der Waals surface area contributed by atoms with Gasteiger partial charge in [0.1, 0.15) is 0 Å². The van der Waals surface area contributed by atoms with Crippen LogP contribution in [0.1, 0.15) is 25.5 Å². The Bertz CT molecular complexity index is 591. The second-order valence-electron chi connectivity index (χ2n) is 5.21. The van der Waals surface area contributed by atoms with E-state index in [1.165, 1.54) is 33.5 Å². The normalized spacial score (nSPS) is 11.9. The van der Waals surface area contributed by atoms with Gasteiger partial charge in [-0.15, -0.1) is 12.4 Å². The van der Waals surface area contributed by atoms with Crippen LogP contribution < -0.4 is 15.2 Å². The minimum atomic E-state index is -1.15. The highest BCUT2D eigenvalue weighted by Gasteiger charge is 2.40. The van der Waals surface area contributed by atoms with Crippen molar-refractivity contribution in [2.24, 2.45) is 11.1 Å². The van der Waals surface area contributed by atoms with E-state index in [0.29, 0.717) is 5.75 Å². The number of methoxy groups -OCH3 is 3. The molecule has 0 aliphatic carbocycles. The molecular formula is C14H21ClN2O6. The second-order valence-corrected chi connectivity index (χ2v) is 5.21. The molecule has 0 heterocycles. The van der Waals surface area contributed by atoms with Crippen molar-refractivity contribution in [3.63, 3.8) is 0 Å². The molecule has 9 heteroatoms. The fourth-order valence-electron chi connectivity index (χ4n) is 2.07. The van der Waals surface area contributed by atoms with Crippen LogP contribution in [-0.4, -0.2) is 32.2 Å². The third-order valence-electron chi connectivity index (χ3n) is 3.55. The predicted molar refractivity (Wildman–Crippen MR) is 86.2 cm³/mol. The number of nitro benzene ring substituents is 1. The van der Waals surface area contributed by atoms with Gasteiger partial charge in [0.05, 0.1) is 49.3 Å². The van der Waals surface area contributed by atoms with Crippen molar-refractivity contribution in [1.29, 1.82) is 0 Å². The number of nitrogens with zero attached hydrogens (tertiary/aromatic N) is 1. The number of halogens is 1. The van der Waals surface area contributed by atoms with Crippen molar-refractivity contribution in [1.82, 2.24) is 0 Å². The molecule has 1 atom stereocenters. The monoisotopic (exact) mass is 348 g/mol. The quantitative estimate of drug-likeness (QED) is 0.476. The lowest BCUT2D eigenvalue weighted by Crippen LogP contribution is -2.37. The molecule has 0 saturated carbocycles. The number of esters is 1. The van der Waals surface area contributed by atoms with E-state index >= 15 is 0 Å². The summed E-state index contributed by atoms with van der Waals surface area (Å²) in [5.41, 5.74) is 4.86. The van der Waals surface area contributed by atoms with Crippen molar-refractivity contribution in [2.45, 2.75) is 19.9 Å². The Kier molecular flexibility index (Phi) is 7.26. The molecule has 0 unspecified atom stereocenters. The van der Waals surface area contributed by atoms with Gasteiger partial charge >= 0.3 is 5.97 Å². The van der Waals surface area contributed by atoms with Crippen LogP contribution in [-0.2, 0) is 9.53 Å². The zero-order valence-electron chi connectivity index (χ0n) is 13.6. The lowest BCUT2D eigenvalue weighted by Gasteiger charge is -2.29. The molecule has 0 fully saturated rings. The van der Waals surface area contributed by atoms with Gasteiger partial charge in [0.25, 0.3) is 5.69 Å². The summed E-state index contributed by atoms with van der Waals surface area (Å²) in [5, 5.41) is 11.3. The molecule has 0 bridgehead atoms. The van der Waals surface area contributed by atoms with Crippen LogP contribution in [0.25, 0.3) is 0 Å². The maximum Gasteiger partial charge on any atom is 0.313 e. The first-order valence-corrected chi connectivity index (χ1v) is 6.45. The summed E-state index contributed by atoms with van der Waals surface area (Å²) in [5.74, 6) is -0.0654. The van der Waals surface area contributed by atoms with Gasteiger partial charge in [0.15, 0.2) is 11.5 Å². The Morgan fingerprint density at radius 2 is 1.70 bits per heavy atom. The summed E-state index contributed by atoms with van der Waals surface area (Å²) in [7, 11) is 4.02. The molecule has 1 aromatic carbocycles. The zero-order valence-corrected chi connectivity index (χ0v) is 14.4. The minimum Gasteiger partial charge on any atom is -0.493 e. The Morgan fingerprint density at radius 3 is 2.09 bits per heavy atom. The molecule has 1 aromatic rings. The maximum absolute atomic E-state index is 11.9. The third-order valence-corrected chi connectivity index (χ3v) is 3.55. The summed E-state index contributed by atoms with van der Waals surface area (Å²) >= 11 is 0. The van der Waals surface area contributed by atoms with E-state index in [1.54, 1.807) is 13.8 Å². The van der Waals surface area contributed by atoms with Gasteiger partial charge < -0.3 is 19.9 Å². The van der Waals surface area contributed by atoms with Gasteiger partial charge in [-0.3, -0.25) is 14.9 Å². The van der Waals surface area contributed by atoms with Gasteiger partial charge in [-0.05, 0) is 19.9 Å². The zero-order chi connectivity index (χ0) is 17.1. The number of carbonyl (C=O) groups is 1. The number of nitrogens with two attached hydrogens (primary N) is 1. The summed E-state index contributed by atoms with van der Waals surface area (Å²) in [4.78, 5) is 22.6. The third kappa shape index (κ3) is 4.02. The van der Waals surface area contributed by atoms with E-state index in [0.717, 1.165) is 0 Å². The molecular weight excluding hydrogens is 328 g/mol. The van der Waals surface area contributed by atoms with Crippen LogP contribution in [0.15, 0.2) is 12.1 Å². The number of benzene rings is 1. The van der Waals surface area contributed by atoms with E-state index in [4.69, 9.17) is 19.9 Å². The van der Waals surface area contributed by atoms with E-state index in [2.05, 4.69) is 0 Å². The average Bonchev–Trinajstić information content (AvgIpc) is 2.51. The number of ether oxygens (including phenoxy) is 3. The molecule has 8 nitrogen and oxygen atoms in total. The van der Waals surface area contributed by atoms with E-state index < -0.39 is 22.3 Å². The molecule has 0 saturated heterocycles. The summed E-state index contributed by atoms with van der Waals surface area (Å²) in [6, 6.07) is 1.67. The number of hydrogen-bond donors (Lipinski definition) is 1. The smallest absolute Gasteiger partial charge is 0.313 e.